The van der Waals surface area contributed by atoms with Crippen LogP contribution in [0.2, 0.25) is 0 Å². The van der Waals surface area contributed by atoms with Crippen LogP contribution in [-0.4, -0.2) is 45.9 Å². The SMILES string of the molecule is Cc1ncsc1-c1ccc(C(C)NC(=O)C2C[C@@H](C)CN2C(=O)C(NC(C)(C)C)C(C)(C)C)cc1. The number of likely N-dealkylation sites (tertiary alicyclic amines) is 1. The molecule has 2 amide bonds. The van der Waals surface area contributed by atoms with Crippen LogP contribution in [0, 0.1) is 18.3 Å². The molecule has 7 heteroatoms. The van der Waals surface area contributed by atoms with Crippen LogP contribution in [0.4, 0.5) is 0 Å². The molecule has 0 saturated carbocycles. The van der Waals surface area contributed by atoms with Crippen LogP contribution >= 0.6 is 11.3 Å². The first-order chi connectivity index (χ1) is 16.2. The third-order valence-electron chi connectivity index (χ3n) is 6.56. The van der Waals surface area contributed by atoms with Crippen molar-refractivity contribution in [3.8, 4) is 10.4 Å². The van der Waals surface area contributed by atoms with Crippen molar-refractivity contribution >= 4 is 23.2 Å². The number of amides is 2. The number of hydrogen-bond donors (Lipinski definition) is 2. The van der Waals surface area contributed by atoms with Gasteiger partial charge in [-0.3, -0.25) is 9.59 Å². The molecule has 0 bridgehead atoms. The van der Waals surface area contributed by atoms with Crippen LogP contribution < -0.4 is 10.6 Å². The maximum atomic E-state index is 13.7. The Morgan fingerprint density at radius 3 is 2.26 bits per heavy atom. The molecule has 2 heterocycles. The zero-order valence-electron chi connectivity index (χ0n) is 22.7. The predicted molar refractivity (Wildman–Crippen MR) is 144 cm³/mol. The van der Waals surface area contributed by atoms with Crippen molar-refractivity contribution in [3.05, 3.63) is 41.0 Å². The molecule has 1 aromatic heterocycles. The summed E-state index contributed by atoms with van der Waals surface area (Å²) in [5.41, 5.74) is 4.57. The van der Waals surface area contributed by atoms with E-state index in [1.807, 2.05) is 19.4 Å². The van der Waals surface area contributed by atoms with Crippen molar-refractivity contribution in [1.29, 1.82) is 0 Å². The molecule has 1 aromatic carbocycles. The number of aromatic nitrogens is 1. The molecule has 192 valence electrons. The van der Waals surface area contributed by atoms with Crippen molar-refractivity contribution in [2.45, 2.75) is 92.4 Å². The third kappa shape index (κ3) is 6.70. The van der Waals surface area contributed by atoms with Crippen LogP contribution in [0.5, 0.6) is 0 Å². The Bertz CT molecular complexity index is 1030. The lowest BCUT2D eigenvalue weighted by Crippen LogP contribution is -2.60. The normalized spacial score (nSPS) is 20.5. The highest BCUT2D eigenvalue weighted by Crippen LogP contribution is 2.31. The van der Waals surface area contributed by atoms with E-state index in [0.29, 0.717) is 13.0 Å². The number of benzene rings is 1. The van der Waals surface area contributed by atoms with Gasteiger partial charge < -0.3 is 15.5 Å². The predicted octanol–water partition coefficient (Wildman–Crippen LogP) is 5.34. The fourth-order valence-electron chi connectivity index (χ4n) is 4.68. The van der Waals surface area contributed by atoms with E-state index in [1.54, 1.807) is 16.2 Å². The lowest BCUT2D eigenvalue weighted by Gasteiger charge is -2.39. The summed E-state index contributed by atoms with van der Waals surface area (Å²) in [6.07, 6.45) is 0.681. The average molecular weight is 499 g/mol. The monoisotopic (exact) mass is 498 g/mol. The second-order valence-electron chi connectivity index (χ2n) is 12.2. The van der Waals surface area contributed by atoms with Crippen molar-refractivity contribution in [1.82, 2.24) is 20.5 Å². The maximum absolute atomic E-state index is 13.7. The molecule has 6 nitrogen and oxygen atoms in total. The first-order valence-corrected chi connectivity index (χ1v) is 13.4. The fraction of sp³-hybridized carbons (Fsp3) is 0.607. The molecule has 4 atom stereocenters. The van der Waals surface area contributed by atoms with Crippen LogP contribution in [0.3, 0.4) is 0 Å². The van der Waals surface area contributed by atoms with Gasteiger partial charge in [0.25, 0.3) is 0 Å². The van der Waals surface area contributed by atoms with E-state index in [-0.39, 0.29) is 40.8 Å². The summed E-state index contributed by atoms with van der Waals surface area (Å²) < 4.78 is 0. The largest absolute Gasteiger partial charge is 0.348 e. The highest BCUT2D eigenvalue weighted by molar-refractivity contribution is 7.13. The Morgan fingerprint density at radius 2 is 1.74 bits per heavy atom. The molecule has 1 saturated heterocycles. The van der Waals surface area contributed by atoms with Gasteiger partial charge in [0.15, 0.2) is 0 Å². The summed E-state index contributed by atoms with van der Waals surface area (Å²) >= 11 is 1.63. The standard InChI is InChI=1S/C28H42N4O2S/c1-17-14-22(32(15-17)26(34)24(27(4,5)6)31-28(7,8)9)25(33)30-18(2)20-10-12-21(13-11-20)23-19(3)29-16-35-23/h10-13,16-18,22,24,31H,14-15H2,1-9H3,(H,30,33)/t17-,18?,22?,24?/m1/s1. The molecule has 35 heavy (non-hydrogen) atoms. The molecule has 1 fully saturated rings. The first kappa shape index (κ1) is 27.3. The van der Waals surface area contributed by atoms with E-state index < -0.39 is 6.04 Å². The number of carbonyl (C=O) groups excluding carboxylic acids is 2. The third-order valence-corrected chi connectivity index (χ3v) is 7.54. The topological polar surface area (TPSA) is 74.3 Å². The highest BCUT2D eigenvalue weighted by Gasteiger charge is 2.44. The number of nitrogens with zero attached hydrogens (tertiary/aromatic N) is 2. The van der Waals surface area contributed by atoms with E-state index in [9.17, 15) is 9.59 Å². The minimum atomic E-state index is -0.453. The second-order valence-corrected chi connectivity index (χ2v) is 13.0. The zero-order chi connectivity index (χ0) is 26.1. The van der Waals surface area contributed by atoms with Crippen molar-refractivity contribution in [3.63, 3.8) is 0 Å². The Kier molecular flexibility index (Phi) is 8.12. The summed E-state index contributed by atoms with van der Waals surface area (Å²) in [6.45, 7) is 19.1. The number of nitrogens with one attached hydrogen (secondary N) is 2. The van der Waals surface area contributed by atoms with Gasteiger partial charge in [-0.1, -0.05) is 52.0 Å². The molecule has 0 radical (unpaired) electrons. The van der Waals surface area contributed by atoms with E-state index >= 15 is 0 Å². The van der Waals surface area contributed by atoms with Gasteiger partial charge >= 0.3 is 0 Å². The number of rotatable bonds is 6. The zero-order valence-corrected chi connectivity index (χ0v) is 23.5. The van der Waals surface area contributed by atoms with E-state index in [4.69, 9.17) is 0 Å². The quantitative estimate of drug-likeness (QED) is 0.564. The summed E-state index contributed by atoms with van der Waals surface area (Å²) in [4.78, 5) is 34.5. The number of carbonyl (C=O) groups is 2. The molecule has 1 aliphatic heterocycles. The molecule has 0 spiro atoms. The molecule has 3 unspecified atom stereocenters. The van der Waals surface area contributed by atoms with Gasteiger partial charge in [0.1, 0.15) is 6.04 Å². The van der Waals surface area contributed by atoms with Crippen LogP contribution in [0.15, 0.2) is 29.8 Å². The Hall–Kier alpha value is -2.25. The molecule has 0 aliphatic carbocycles. The van der Waals surface area contributed by atoms with Gasteiger partial charge in [-0.15, -0.1) is 11.3 Å². The van der Waals surface area contributed by atoms with Crippen molar-refractivity contribution < 1.29 is 9.59 Å². The summed E-state index contributed by atoms with van der Waals surface area (Å²) in [5, 5.41) is 6.68. The maximum Gasteiger partial charge on any atom is 0.243 e. The Balaban J connectivity index is 1.73. The smallest absolute Gasteiger partial charge is 0.243 e. The van der Waals surface area contributed by atoms with Gasteiger partial charge in [-0.2, -0.15) is 0 Å². The second kappa shape index (κ2) is 10.4. The number of thiazole rings is 1. The van der Waals surface area contributed by atoms with E-state index in [1.165, 1.54) is 4.88 Å². The summed E-state index contributed by atoms with van der Waals surface area (Å²) in [6, 6.07) is 7.30. The Morgan fingerprint density at radius 1 is 1.11 bits per heavy atom. The van der Waals surface area contributed by atoms with E-state index in [0.717, 1.165) is 16.8 Å². The van der Waals surface area contributed by atoms with Crippen LogP contribution in [-0.2, 0) is 9.59 Å². The molecule has 1 aliphatic rings. The van der Waals surface area contributed by atoms with Crippen LogP contribution in [0.25, 0.3) is 10.4 Å². The van der Waals surface area contributed by atoms with Crippen molar-refractivity contribution in [2.75, 3.05) is 6.54 Å². The fourth-order valence-corrected chi connectivity index (χ4v) is 5.49. The highest BCUT2D eigenvalue weighted by atomic mass is 32.1. The molecule has 2 aromatic rings. The lowest BCUT2D eigenvalue weighted by atomic mass is 9.84. The van der Waals surface area contributed by atoms with Gasteiger partial charge in [0.2, 0.25) is 11.8 Å². The minimum Gasteiger partial charge on any atom is -0.348 e. The number of aryl methyl sites for hydroxylation is 1. The Labute approximate surface area is 214 Å². The minimum absolute atomic E-state index is 0.00820. The van der Waals surface area contributed by atoms with Crippen LogP contribution in [0.1, 0.15) is 79.1 Å². The van der Waals surface area contributed by atoms with Crippen molar-refractivity contribution in [2.24, 2.45) is 11.3 Å². The summed E-state index contributed by atoms with van der Waals surface area (Å²) in [7, 11) is 0. The van der Waals surface area contributed by atoms with Gasteiger partial charge in [0, 0.05) is 12.1 Å². The van der Waals surface area contributed by atoms with Gasteiger partial charge in [-0.25, -0.2) is 4.98 Å². The van der Waals surface area contributed by atoms with Gasteiger partial charge in [0.05, 0.1) is 28.2 Å². The first-order valence-electron chi connectivity index (χ1n) is 12.6. The lowest BCUT2D eigenvalue weighted by molar-refractivity contribution is -0.142. The average Bonchev–Trinajstić information content (AvgIpc) is 3.35. The molecule has 3 rings (SSSR count). The molecular weight excluding hydrogens is 456 g/mol. The molecule has 2 N–H and O–H groups in total. The molecular formula is C28H42N4O2S. The summed E-state index contributed by atoms with van der Waals surface area (Å²) in [5.74, 6) is 0.206. The number of hydrogen-bond acceptors (Lipinski definition) is 5. The van der Waals surface area contributed by atoms with Gasteiger partial charge in [-0.05, 0) is 63.5 Å². The van der Waals surface area contributed by atoms with E-state index in [2.05, 4.69) is 88.3 Å².